The van der Waals surface area contributed by atoms with Gasteiger partial charge in [-0.15, -0.1) is 0 Å². The molecule has 1 rings (SSSR count). The van der Waals surface area contributed by atoms with Crippen molar-refractivity contribution < 1.29 is 29.6 Å². The molecule has 5 nitrogen and oxygen atoms in total. The average Bonchev–Trinajstić information content (AvgIpc) is 1.59. The fraction of sp³-hybridized carbons (Fsp3) is 0. The Morgan fingerprint density at radius 1 is 1.50 bits per heavy atom. The molecule has 1 N–H and O–H groups in total. The zero-order valence-electron chi connectivity index (χ0n) is 5.09. The van der Waals surface area contributed by atoms with Crippen molar-refractivity contribution in [1.29, 1.82) is 0 Å². The maximum Gasteiger partial charge on any atom is 1.00 e. The predicted octanol–water partition coefficient (Wildman–Crippen LogP) is -4.15. The first-order valence-electron chi connectivity index (χ1n) is 1.99. The van der Waals surface area contributed by atoms with E-state index in [1.54, 1.807) is 0 Å². The molecule has 48 valence electrons. The van der Waals surface area contributed by atoms with E-state index in [0.29, 0.717) is 0 Å². The number of rotatable bonds is 0. The Balaban J connectivity index is 0.000000810. The van der Waals surface area contributed by atoms with Gasteiger partial charge < -0.3 is 15.0 Å². The SMILES string of the molecule is O=c1nc(Br)[n-]c(=O)[nH]1.[Na+]. The summed E-state index contributed by atoms with van der Waals surface area (Å²) < 4.78 is 0.0104. The van der Waals surface area contributed by atoms with Gasteiger partial charge in [0.25, 0.3) is 0 Å². The molecular formula is C3HBrN3NaO2. The second-order valence-electron chi connectivity index (χ2n) is 1.23. The largest absolute Gasteiger partial charge is 1.00 e. The number of aromatic amines is 1. The van der Waals surface area contributed by atoms with E-state index in [1.165, 1.54) is 0 Å². The van der Waals surface area contributed by atoms with Crippen molar-refractivity contribution in [2.45, 2.75) is 0 Å². The second kappa shape index (κ2) is 4.07. The fourth-order valence-corrected chi connectivity index (χ4v) is 0.662. The summed E-state index contributed by atoms with van der Waals surface area (Å²) in [7, 11) is 0. The summed E-state index contributed by atoms with van der Waals surface area (Å²) in [5.74, 6) is 0. The van der Waals surface area contributed by atoms with Crippen LogP contribution in [0.1, 0.15) is 0 Å². The topological polar surface area (TPSA) is 76.9 Å². The van der Waals surface area contributed by atoms with Gasteiger partial charge in [0.05, 0.1) is 4.73 Å². The molecule has 0 bridgehead atoms. The minimum atomic E-state index is -0.693. The van der Waals surface area contributed by atoms with E-state index >= 15 is 0 Å². The van der Waals surface area contributed by atoms with Gasteiger partial charge in [-0.3, -0.25) is 9.59 Å². The maximum absolute atomic E-state index is 10.3. The number of nitrogens with zero attached hydrogens (tertiary/aromatic N) is 2. The Morgan fingerprint density at radius 3 is 2.50 bits per heavy atom. The number of halogens is 1. The summed E-state index contributed by atoms with van der Waals surface area (Å²) in [6, 6.07) is 0. The van der Waals surface area contributed by atoms with Crippen molar-refractivity contribution >= 4 is 15.9 Å². The zero-order chi connectivity index (χ0) is 6.85. The first kappa shape index (κ1) is 10.1. The van der Waals surface area contributed by atoms with Gasteiger partial charge in [-0.1, -0.05) is 0 Å². The Labute approximate surface area is 85.7 Å². The molecule has 0 saturated carbocycles. The smallest absolute Gasteiger partial charge is 0.345 e. The molecule has 0 aliphatic heterocycles. The first-order valence-corrected chi connectivity index (χ1v) is 2.78. The molecule has 0 amide bonds. The van der Waals surface area contributed by atoms with Crippen LogP contribution in [0.4, 0.5) is 0 Å². The van der Waals surface area contributed by atoms with Gasteiger partial charge in [0.2, 0.25) is 11.4 Å². The molecule has 0 fully saturated rings. The van der Waals surface area contributed by atoms with Gasteiger partial charge in [0, 0.05) is 0 Å². The Morgan fingerprint density at radius 2 is 2.10 bits per heavy atom. The standard InChI is InChI=1S/C3H2BrN3O2.Na/c4-1-5-2(8)7-3(9)6-1;/h(H2,5,6,7,8,9);/q;+1/p-1. The molecular weight excluding hydrogens is 213 g/mol. The molecule has 7 heteroatoms. The first-order chi connectivity index (χ1) is 4.18. The number of H-pyrrole nitrogens is 1. The summed E-state index contributed by atoms with van der Waals surface area (Å²) in [6.45, 7) is 0. The van der Waals surface area contributed by atoms with Crippen LogP contribution >= 0.6 is 15.9 Å². The number of hydrogen-bond donors (Lipinski definition) is 1. The Hall–Kier alpha value is 0.0900. The molecule has 0 radical (unpaired) electrons. The van der Waals surface area contributed by atoms with Crippen LogP contribution in [0.25, 0.3) is 0 Å². The maximum atomic E-state index is 10.3. The minimum absolute atomic E-state index is 0. The van der Waals surface area contributed by atoms with Crippen LogP contribution in [0.2, 0.25) is 0 Å². The molecule has 1 aromatic rings. The number of aromatic nitrogens is 3. The number of nitrogens with one attached hydrogen (secondary N) is 1. The zero-order valence-corrected chi connectivity index (χ0v) is 8.67. The average molecular weight is 214 g/mol. The van der Waals surface area contributed by atoms with Gasteiger partial charge in [0.1, 0.15) is 0 Å². The van der Waals surface area contributed by atoms with E-state index in [4.69, 9.17) is 0 Å². The molecule has 1 heterocycles. The monoisotopic (exact) mass is 213 g/mol. The third kappa shape index (κ3) is 2.78. The molecule has 0 aliphatic rings. The van der Waals surface area contributed by atoms with Crippen LogP contribution in [-0.2, 0) is 0 Å². The van der Waals surface area contributed by atoms with Gasteiger partial charge in [-0.05, 0) is 15.9 Å². The van der Waals surface area contributed by atoms with Crippen molar-refractivity contribution in [2.75, 3.05) is 0 Å². The van der Waals surface area contributed by atoms with Crippen LogP contribution in [0, 0.1) is 0 Å². The molecule has 0 aromatic carbocycles. The van der Waals surface area contributed by atoms with Crippen LogP contribution in [-0.4, -0.2) is 9.97 Å². The van der Waals surface area contributed by atoms with E-state index in [0.717, 1.165) is 0 Å². The summed E-state index contributed by atoms with van der Waals surface area (Å²) in [5, 5.41) is 0. The van der Waals surface area contributed by atoms with E-state index in [1.807, 2.05) is 4.98 Å². The van der Waals surface area contributed by atoms with Crippen molar-refractivity contribution in [1.82, 2.24) is 15.0 Å². The third-order valence-electron chi connectivity index (χ3n) is 0.601. The van der Waals surface area contributed by atoms with Crippen molar-refractivity contribution in [2.24, 2.45) is 0 Å². The Kier molecular flexibility index (Phi) is 4.11. The van der Waals surface area contributed by atoms with Crippen molar-refractivity contribution in [3.05, 3.63) is 25.7 Å². The van der Waals surface area contributed by atoms with Gasteiger partial charge >= 0.3 is 29.6 Å². The summed E-state index contributed by atoms with van der Waals surface area (Å²) in [5.41, 5.74) is -1.39. The van der Waals surface area contributed by atoms with Crippen molar-refractivity contribution in [3.63, 3.8) is 0 Å². The number of hydrogen-bond acceptors (Lipinski definition) is 3. The molecule has 0 saturated heterocycles. The molecule has 0 aliphatic carbocycles. The van der Waals surface area contributed by atoms with Gasteiger partial charge in [-0.25, -0.2) is 0 Å². The summed E-state index contributed by atoms with van der Waals surface area (Å²) in [4.78, 5) is 28.9. The van der Waals surface area contributed by atoms with E-state index < -0.39 is 11.4 Å². The molecule has 0 spiro atoms. The van der Waals surface area contributed by atoms with Crippen LogP contribution in [0.15, 0.2) is 14.3 Å². The predicted molar refractivity (Wildman–Crippen MR) is 32.1 cm³/mol. The summed E-state index contributed by atoms with van der Waals surface area (Å²) in [6.07, 6.45) is 0. The van der Waals surface area contributed by atoms with Crippen LogP contribution < -0.4 is 45.9 Å². The fourth-order valence-electron chi connectivity index (χ4n) is 0.340. The van der Waals surface area contributed by atoms with Crippen molar-refractivity contribution in [3.8, 4) is 0 Å². The van der Waals surface area contributed by atoms with Crippen LogP contribution in [0.3, 0.4) is 0 Å². The minimum Gasteiger partial charge on any atom is -0.345 e. The molecule has 1 aromatic heterocycles. The van der Waals surface area contributed by atoms with Gasteiger partial charge in [0.15, 0.2) is 0 Å². The van der Waals surface area contributed by atoms with Gasteiger partial charge in [-0.2, -0.15) is 0 Å². The third-order valence-corrected chi connectivity index (χ3v) is 0.956. The van der Waals surface area contributed by atoms with Crippen LogP contribution in [0.5, 0.6) is 0 Å². The quantitative estimate of drug-likeness (QED) is 0.445. The molecule has 0 unspecified atom stereocenters. The molecule has 10 heavy (non-hydrogen) atoms. The normalized spacial score (nSPS) is 8.50. The molecule has 0 atom stereocenters. The summed E-state index contributed by atoms with van der Waals surface area (Å²) >= 11 is 2.77. The second-order valence-corrected chi connectivity index (χ2v) is 1.94. The van der Waals surface area contributed by atoms with E-state index in [-0.39, 0.29) is 34.3 Å². The van der Waals surface area contributed by atoms with E-state index in [9.17, 15) is 9.59 Å². The van der Waals surface area contributed by atoms with E-state index in [2.05, 4.69) is 25.9 Å². The Bertz CT molecular complexity index is 290.